The lowest BCUT2D eigenvalue weighted by molar-refractivity contribution is -0.141. The molecule has 0 aliphatic heterocycles. The molecule has 0 amide bonds. The molecule has 0 aliphatic carbocycles. The molecular formula is C15H20O3. The molecule has 0 fully saturated rings. The lowest BCUT2D eigenvalue weighted by Gasteiger charge is -2.14. The van der Waals surface area contributed by atoms with Gasteiger partial charge >= 0.3 is 5.97 Å². The largest absolute Gasteiger partial charge is 0.481 e. The van der Waals surface area contributed by atoms with Crippen LogP contribution in [0, 0.1) is 12.8 Å². The van der Waals surface area contributed by atoms with Crippen LogP contribution in [0.5, 0.6) is 0 Å². The van der Waals surface area contributed by atoms with E-state index in [9.17, 15) is 15.0 Å². The Morgan fingerprint density at radius 1 is 1.39 bits per heavy atom. The van der Waals surface area contributed by atoms with Gasteiger partial charge in [-0.2, -0.15) is 0 Å². The summed E-state index contributed by atoms with van der Waals surface area (Å²) in [5.41, 5.74) is 2.85. The molecule has 1 atom stereocenters. The summed E-state index contributed by atoms with van der Waals surface area (Å²) >= 11 is 0. The maximum Gasteiger partial charge on any atom is 0.307 e. The van der Waals surface area contributed by atoms with Crippen LogP contribution in [-0.4, -0.2) is 16.2 Å². The number of aliphatic hydroxyl groups is 1. The second-order valence-electron chi connectivity index (χ2n) is 4.40. The topological polar surface area (TPSA) is 57.5 Å². The van der Waals surface area contributed by atoms with E-state index in [1.165, 1.54) is 0 Å². The molecule has 3 nitrogen and oxygen atoms in total. The number of benzene rings is 1. The number of carboxylic acids is 1. The van der Waals surface area contributed by atoms with E-state index in [2.05, 4.69) is 0 Å². The van der Waals surface area contributed by atoms with Gasteiger partial charge in [-0.15, -0.1) is 0 Å². The molecule has 0 heterocycles. The van der Waals surface area contributed by atoms with Gasteiger partial charge in [0, 0.05) is 0 Å². The van der Waals surface area contributed by atoms with E-state index in [0.29, 0.717) is 12.8 Å². The molecule has 0 aliphatic rings. The van der Waals surface area contributed by atoms with Gasteiger partial charge in [-0.25, -0.2) is 0 Å². The van der Waals surface area contributed by atoms with E-state index in [1.54, 1.807) is 0 Å². The zero-order chi connectivity index (χ0) is 13.5. The van der Waals surface area contributed by atoms with Crippen molar-refractivity contribution in [1.82, 2.24) is 0 Å². The Morgan fingerprint density at radius 3 is 2.61 bits per heavy atom. The summed E-state index contributed by atoms with van der Waals surface area (Å²) in [6.07, 6.45) is 4.78. The molecule has 0 saturated carbocycles. The number of hydrogen-bond acceptors (Lipinski definition) is 2. The van der Waals surface area contributed by atoms with Crippen molar-refractivity contribution in [3.63, 3.8) is 0 Å². The van der Waals surface area contributed by atoms with Crippen LogP contribution in [-0.2, 0) is 17.8 Å². The molecule has 0 bridgehead atoms. The highest BCUT2D eigenvalue weighted by molar-refractivity contribution is 5.70. The van der Waals surface area contributed by atoms with E-state index < -0.39 is 11.9 Å². The zero-order valence-electron chi connectivity index (χ0n) is 10.9. The van der Waals surface area contributed by atoms with Gasteiger partial charge in [0.05, 0.1) is 12.5 Å². The molecule has 18 heavy (non-hydrogen) atoms. The average molecular weight is 248 g/mol. The van der Waals surface area contributed by atoms with Crippen LogP contribution in [0.1, 0.15) is 30.0 Å². The molecule has 1 aromatic carbocycles. The van der Waals surface area contributed by atoms with Crippen molar-refractivity contribution in [3.05, 3.63) is 47.0 Å². The van der Waals surface area contributed by atoms with Crippen LogP contribution >= 0.6 is 0 Å². The standard InChI is InChI=1S/C15H20O3/c1-3-4-6-13(15(17)18)9-12-7-5-8-14(10-16)11(12)2/h3-5,7-8,13,16H,6,9-10H2,1-2H3,(H,17,18). The van der Waals surface area contributed by atoms with Crippen LogP contribution in [0.25, 0.3) is 0 Å². The maximum absolute atomic E-state index is 11.2. The van der Waals surface area contributed by atoms with Crippen LogP contribution < -0.4 is 0 Å². The summed E-state index contributed by atoms with van der Waals surface area (Å²) in [4.78, 5) is 11.2. The number of carboxylic acid groups (broad SMARTS) is 1. The van der Waals surface area contributed by atoms with Gasteiger partial charge in [-0.05, 0) is 43.4 Å². The minimum absolute atomic E-state index is 0.00766. The number of aliphatic hydroxyl groups excluding tert-OH is 1. The van der Waals surface area contributed by atoms with Crippen molar-refractivity contribution in [2.24, 2.45) is 5.92 Å². The fourth-order valence-corrected chi connectivity index (χ4v) is 1.97. The summed E-state index contributed by atoms with van der Waals surface area (Å²) in [5, 5.41) is 18.4. The van der Waals surface area contributed by atoms with E-state index >= 15 is 0 Å². The molecule has 0 saturated heterocycles. The molecule has 0 radical (unpaired) electrons. The summed E-state index contributed by atoms with van der Waals surface area (Å²) in [5.74, 6) is -1.18. The highest BCUT2D eigenvalue weighted by Gasteiger charge is 2.17. The molecule has 98 valence electrons. The Morgan fingerprint density at radius 2 is 2.06 bits per heavy atom. The van der Waals surface area contributed by atoms with E-state index in [-0.39, 0.29) is 6.61 Å². The lowest BCUT2D eigenvalue weighted by atomic mass is 9.91. The molecule has 0 aromatic heterocycles. The van der Waals surface area contributed by atoms with Crippen molar-refractivity contribution in [1.29, 1.82) is 0 Å². The van der Waals surface area contributed by atoms with Crippen molar-refractivity contribution in [2.45, 2.75) is 33.3 Å². The van der Waals surface area contributed by atoms with E-state index in [0.717, 1.165) is 16.7 Å². The summed E-state index contributed by atoms with van der Waals surface area (Å²) < 4.78 is 0. The highest BCUT2D eigenvalue weighted by Crippen LogP contribution is 2.20. The first-order valence-electron chi connectivity index (χ1n) is 6.12. The van der Waals surface area contributed by atoms with Gasteiger partial charge in [-0.3, -0.25) is 4.79 Å². The predicted octanol–water partition coefficient (Wildman–Crippen LogP) is 2.70. The minimum atomic E-state index is -0.776. The quantitative estimate of drug-likeness (QED) is 0.761. The van der Waals surface area contributed by atoms with Crippen molar-refractivity contribution in [2.75, 3.05) is 0 Å². The Kier molecular flexibility index (Phi) is 5.59. The SMILES string of the molecule is CC=CCC(Cc1cccc(CO)c1C)C(=O)O. The number of hydrogen-bond donors (Lipinski definition) is 2. The second kappa shape index (κ2) is 6.97. The molecule has 2 N–H and O–H groups in total. The number of aliphatic carboxylic acids is 1. The lowest BCUT2D eigenvalue weighted by Crippen LogP contribution is -2.16. The van der Waals surface area contributed by atoms with Gasteiger partial charge in [0.1, 0.15) is 0 Å². The third-order valence-corrected chi connectivity index (χ3v) is 3.20. The van der Waals surface area contributed by atoms with Gasteiger partial charge in [0.2, 0.25) is 0 Å². The highest BCUT2D eigenvalue weighted by atomic mass is 16.4. The van der Waals surface area contributed by atoms with Crippen LogP contribution in [0.2, 0.25) is 0 Å². The Labute approximate surface area is 108 Å². The number of rotatable bonds is 6. The third kappa shape index (κ3) is 3.70. The first kappa shape index (κ1) is 14.5. The van der Waals surface area contributed by atoms with Gasteiger partial charge < -0.3 is 10.2 Å². The van der Waals surface area contributed by atoms with Gasteiger partial charge in [0.25, 0.3) is 0 Å². The summed E-state index contributed by atoms with van der Waals surface area (Å²) in [7, 11) is 0. The number of carbonyl (C=O) groups is 1. The first-order chi connectivity index (χ1) is 8.60. The molecule has 1 unspecified atom stereocenters. The van der Waals surface area contributed by atoms with E-state index in [4.69, 9.17) is 0 Å². The van der Waals surface area contributed by atoms with Crippen LogP contribution in [0.15, 0.2) is 30.4 Å². The smallest absolute Gasteiger partial charge is 0.307 e. The summed E-state index contributed by atoms with van der Waals surface area (Å²) in [6.45, 7) is 3.80. The van der Waals surface area contributed by atoms with E-state index in [1.807, 2.05) is 44.2 Å². The second-order valence-corrected chi connectivity index (χ2v) is 4.40. The predicted molar refractivity (Wildman–Crippen MR) is 71.4 cm³/mol. The fraction of sp³-hybridized carbons (Fsp3) is 0.400. The van der Waals surface area contributed by atoms with Crippen molar-refractivity contribution in [3.8, 4) is 0 Å². The first-order valence-corrected chi connectivity index (χ1v) is 6.12. The summed E-state index contributed by atoms with van der Waals surface area (Å²) in [6, 6.07) is 5.66. The fourth-order valence-electron chi connectivity index (χ4n) is 1.97. The molecule has 0 spiro atoms. The molecule has 1 rings (SSSR count). The van der Waals surface area contributed by atoms with Crippen LogP contribution in [0.3, 0.4) is 0 Å². The minimum Gasteiger partial charge on any atom is -0.481 e. The Bertz CT molecular complexity index is 435. The van der Waals surface area contributed by atoms with Gasteiger partial charge in [0.15, 0.2) is 0 Å². The monoisotopic (exact) mass is 248 g/mol. The molecule has 3 heteroatoms. The maximum atomic E-state index is 11.2. The normalized spacial score (nSPS) is 12.8. The number of allylic oxidation sites excluding steroid dienone is 2. The zero-order valence-corrected chi connectivity index (χ0v) is 10.9. The van der Waals surface area contributed by atoms with Crippen molar-refractivity contribution >= 4 is 5.97 Å². The average Bonchev–Trinajstić information content (AvgIpc) is 2.36. The Balaban J connectivity index is 2.90. The Hall–Kier alpha value is -1.61. The third-order valence-electron chi connectivity index (χ3n) is 3.20. The molecular weight excluding hydrogens is 228 g/mol. The van der Waals surface area contributed by atoms with Gasteiger partial charge in [-0.1, -0.05) is 30.4 Å². The molecule has 1 aromatic rings. The van der Waals surface area contributed by atoms with Crippen LogP contribution in [0.4, 0.5) is 0 Å². The van der Waals surface area contributed by atoms with Crippen molar-refractivity contribution < 1.29 is 15.0 Å².